The Bertz CT molecular complexity index is 283. The number of aromatic nitrogens is 3. The molecule has 0 saturated carbocycles. The van der Waals surface area contributed by atoms with Gasteiger partial charge in [0, 0.05) is 25.7 Å². The summed E-state index contributed by atoms with van der Waals surface area (Å²) in [5, 5.41) is 7.97. The number of nitrogens with zero attached hydrogens (tertiary/aromatic N) is 3. The van der Waals surface area contributed by atoms with Crippen LogP contribution in [0.4, 0.5) is 0 Å². The summed E-state index contributed by atoms with van der Waals surface area (Å²) in [5.41, 5.74) is 3.86. The first kappa shape index (κ1) is 12.1. The topological polar surface area (TPSA) is 68.8 Å². The van der Waals surface area contributed by atoms with Gasteiger partial charge >= 0.3 is 0 Å². The fraction of sp³-hybridized carbons (Fsp3) is 0.800. The molecule has 0 aromatic carbocycles. The van der Waals surface area contributed by atoms with Gasteiger partial charge in [0.25, 0.3) is 0 Å². The molecular weight excluding hydrogens is 190 g/mol. The largest absolute Gasteiger partial charge is 0.271 e. The number of aryl methyl sites for hydroxylation is 1. The normalized spacial score (nSPS) is 15.2. The van der Waals surface area contributed by atoms with E-state index in [0.29, 0.717) is 5.92 Å². The first-order valence-electron chi connectivity index (χ1n) is 5.48. The lowest BCUT2D eigenvalue weighted by Gasteiger charge is -2.21. The van der Waals surface area contributed by atoms with Crippen molar-refractivity contribution < 1.29 is 0 Å². The van der Waals surface area contributed by atoms with Crippen LogP contribution in [-0.2, 0) is 13.5 Å². The molecule has 3 N–H and O–H groups in total. The molecule has 0 saturated heterocycles. The second-order valence-electron chi connectivity index (χ2n) is 4.13. The Balaban J connectivity index is 2.53. The van der Waals surface area contributed by atoms with Crippen LogP contribution in [0, 0.1) is 5.92 Å². The third kappa shape index (κ3) is 3.60. The molecule has 86 valence electrons. The summed E-state index contributed by atoms with van der Waals surface area (Å²) in [7, 11) is 1.87. The van der Waals surface area contributed by atoms with Crippen LogP contribution in [0.2, 0.25) is 0 Å². The van der Waals surface area contributed by atoms with E-state index >= 15 is 0 Å². The highest BCUT2D eigenvalue weighted by atomic mass is 15.4. The van der Waals surface area contributed by atoms with Crippen molar-refractivity contribution in [1.82, 2.24) is 20.4 Å². The Hall–Kier alpha value is -0.940. The third-order valence-electron chi connectivity index (χ3n) is 2.72. The van der Waals surface area contributed by atoms with Crippen molar-refractivity contribution in [1.29, 1.82) is 0 Å². The third-order valence-corrected chi connectivity index (χ3v) is 2.72. The summed E-state index contributed by atoms with van der Waals surface area (Å²) in [6.45, 7) is 4.40. The second kappa shape index (κ2) is 5.82. The Kier molecular flexibility index (Phi) is 4.71. The lowest BCUT2D eigenvalue weighted by Crippen LogP contribution is -2.41. The van der Waals surface area contributed by atoms with Crippen molar-refractivity contribution in [2.75, 3.05) is 0 Å². The highest BCUT2D eigenvalue weighted by molar-refractivity contribution is 4.96. The van der Waals surface area contributed by atoms with Gasteiger partial charge in [-0.25, -0.2) is 0 Å². The second-order valence-corrected chi connectivity index (χ2v) is 4.13. The van der Waals surface area contributed by atoms with Gasteiger partial charge < -0.3 is 0 Å². The molecule has 2 unspecified atom stereocenters. The minimum absolute atomic E-state index is 0.279. The van der Waals surface area contributed by atoms with Crippen LogP contribution in [0.15, 0.2) is 6.20 Å². The van der Waals surface area contributed by atoms with Crippen LogP contribution in [0.3, 0.4) is 0 Å². The molecule has 5 heteroatoms. The predicted molar refractivity (Wildman–Crippen MR) is 59.9 cm³/mol. The molecule has 1 heterocycles. The van der Waals surface area contributed by atoms with E-state index in [4.69, 9.17) is 5.84 Å². The zero-order valence-corrected chi connectivity index (χ0v) is 9.77. The maximum Gasteiger partial charge on any atom is 0.0843 e. The van der Waals surface area contributed by atoms with E-state index in [-0.39, 0.29) is 6.04 Å². The van der Waals surface area contributed by atoms with Crippen LogP contribution >= 0.6 is 0 Å². The van der Waals surface area contributed by atoms with Gasteiger partial charge in [0.15, 0.2) is 0 Å². The van der Waals surface area contributed by atoms with Gasteiger partial charge in [0.05, 0.1) is 5.69 Å². The maximum atomic E-state index is 5.55. The van der Waals surface area contributed by atoms with E-state index in [1.807, 2.05) is 13.2 Å². The Labute approximate surface area is 91.0 Å². The van der Waals surface area contributed by atoms with Crippen molar-refractivity contribution in [2.45, 2.75) is 39.2 Å². The smallest absolute Gasteiger partial charge is 0.0843 e. The van der Waals surface area contributed by atoms with Gasteiger partial charge in [-0.05, 0) is 12.3 Å². The molecule has 0 bridgehead atoms. The SMILES string of the molecule is CCCC(C)C(Cc1cn(C)nn1)NN. The summed E-state index contributed by atoms with van der Waals surface area (Å²) in [6.07, 6.45) is 5.13. The Morgan fingerprint density at radius 3 is 2.80 bits per heavy atom. The van der Waals surface area contributed by atoms with Crippen LogP contribution in [0.5, 0.6) is 0 Å². The lowest BCUT2D eigenvalue weighted by atomic mass is 9.94. The molecule has 0 radical (unpaired) electrons. The average Bonchev–Trinajstić information content (AvgIpc) is 2.61. The number of nitrogens with two attached hydrogens (primary N) is 1. The summed E-state index contributed by atoms with van der Waals surface area (Å²) in [4.78, 5) is 0. The molecule has 0 aliphatic rings. The number of rotatable bonds is 6. The quantitative estimate of drug-likeness (QED) is 0.535. The predicted octanol–water partition coefficient (Wildman–Crippen LogP) is 0.626. The van der Waals surface area contributed by atoms with E-state index in [9.17, 15) is 0 Å². The van der Waals surface area contributed by atoms with E-state index in [0.717, 1.165) is 12.1 Å². The van der Waals surface area contributed by atoms with Crippen molar-refractivity contribution >= 4 is 0 Å². The van der Waals surface area contributed by atoms with Crippen molar-refractivity contribution in [3.05, 3.63) is 11.9 Å². The number of hydrogen-bond donors (Lipinski definition) is 2. The van der Waals surface area contributed by atoms with E-state index in [1.165, 1.54) is 12.8 Å². The maximum absolute atomic E-state index is 5.55. The minimum Gasteiger partial charge on any atom is -0.271 e. The molecule has 0 aliphatic carbocycles. The van der Waals surface area contributed by atoms with Gasteiger partial charge in [-0.2, -0.15) is 0 Å². The van der Waals surface area contributed by atoms with E-state index < -0.39 is 0 Å². The fourth-order valence-corrected chi connectivity index (χ4v) is 1.80. The Morgan fingerprint density at radius 1 is 1.60 bits per heavy atom. The van der Waals surface area contributed by atoms with E-state index in [1.54, 1.807) is 4.68 Å². The molecule has 1 rings (SSSR count). The molecule has 0 fully saturated rings. The molecule has 0 spiro atoms. The van der Waals surface area contributed by atoms with Crippen LogP contribution < -0.4 is 11.3 Å². The van der Waals surface area contributed by atoms with Crippen LogP contribution in [0.25, 0.3) is 0 Å². The molecule has 0 amide bonds. The van der Waals surface area contributed by atoms with Gasteiger partial charge in [0.2, 0.25) is 0 Å². The van der Waals surface area contributed by atoms with Crippen molar-refractivity contribution in [2.24, 2.45) is 18.8 Å². The number of nitrogens with one attached hydrogen (secondary N) is 1. The summed E-state index contributed by atoms with van der Waals surface area (Å²) in [5.74, 6) is 6.11. The minimum atomic E-state index is 0.279. The molecular formula is C10H21N5. The average molecular weight is 211 g/mol. The first-order valence-corrected chi connectivity index (χ1v) is 5.48. The van der Waals surface area contributed by atoms with Crippen molar-refractivity contribution in [3.63, 3.8) is 0 Å². The van der Waals surface area contributed by atoms with Crippen molar-refractivity contribution in [3.8, 4) is 0 Å². The summed E-state index contributed by atoms with van der Waals surface area (Å²) >= 11 is 0. The molecule has 1 aromatic rings. The fourth-order valence-electron chi connectivity index (χ4n) is 1.80. The molecule has 15 heavy (non-hydrogen) atoms. The highest BCUT2D eigenvalue weighted by Crippen LogP contribution is 2.13. The van der Waals surface area contributed by atoms with Gasteiger partial charge in [0.1, 0.15) is 0 Å². The molecule has 5 nitrogen and oxygen atoms in total. The first-order chi connectivity index (χ1) is 7.17. The standard InChI is InChI=1S/C10H21N5/c1-4-5-8(2)10(12-11)6-9-7-15(3)14-13-9/h7-8,10,12H,4-6,11H2,1-3H3. The highest BCUT2D eigenvalue weighted by Gasteiger charge is 2.16. The summed E-state index contributed by atoms with van der Waals surface area (Å²) in [6, 6.07) is 0.279. The van der Waals surface area contributed by atoms with E-state index in [2.05, 4.69) is 29.6 Å². The molecule has 2 atom stereocenters. The van der Waals surface area contributed by atoms with Gasteiger partial charge in [-0.15, -0.1) is 5.10 Å². The Morgan fingerprint density at radius 2 is 2.33 bits per heavy atom. The number of hydrazine groups is 1. The zero-order chi connectivity index (χ0) is 11.3. The van der Waals surface area contributed by atoms with Gasteiger partial charge in [-0.3, -0.25) is 16.0 Å². The lowest BCUT2D eigenvalue weighted by molar-refractivity contribution is 0.354. The number of hydrogen-bond acceptors (Lipinski definition) is 4. The summed E-state index contributed by atoms with van der Waals surface area (Å²) < 4.78 is 1.72. The monoisotopic (exact) mass is 211 g/mol. The van der Waals surface area contributed by atoms with Crippen LogP contribution in [0.1, 0.15) is 32.4 Å². The van der Waals surface area contributed by atoms with Crippen LogP contribution in [-0.4, -0.2) is 21.0 Å². The molecule has 1 aromatic heterocycles. The van der Waals surface area contributed by atoms with Gasteiger partial charge in [-0.1, -0.05) is 25.5 Å². The zero-order valence-electron chi connectivity index (χ0n) is 9.77. The molecule has 0 aliphatic heterocycles.